The Morgan fingerprint density at radius 1 is 0.925 bits per heavy atom. The molecular weight excluding hydrogens is 518 g/mol. The van der Waals surface area contributed by atoms with Gasteiger partial charge in [0.25, 0.3) is 5.56 Å². The highest BCUT2D eigenvalue weighted by Gasteiger charge is 2.35. The van der Waals surface area contributed by atoms with Gasteiger partial charge < -0.3 is 33.5 Å². The van der Waals surface area contributed by atoms with E-state index >= 15 is 0 Å². The number of methoxy groups -OCH3 is 3. The van der Waals surface area contributed by atoms with E-state index < -0.39 is 28.6 Å². The van der Waals surface area contributed by atoms with E-state index in [9.17, 15) is 19.5 Å². The highest BCUT2D eigenvalue weighted by Crippen LogP contribution is 2.45. The van der Waals surface area contributed by atoms with E-state index in [4.69, 9.17) is 23.4 Å². The van der Waals surface area contributed by atoms with E-state index in [0.29, 0.717) is 39.3 Å². The summed E-state index contributed by atoms with van der Waals surface area (Å²) in [6, 6.07) is 13.1. The minimum atomic E-state index is -0.811. The maximum Gasteiger partial charge on any atom is 0.312 e. The number of nitrogens with one attached hydrogen (secondary N) is 1. The fourth-order valence-electron chi connectivity index (χ4n) is 5.19. The van der Waals surface area contributed by atoms with Crippen molar-refractivity contribution in [3.63, 3.8) is 0 Å². The summed E-state index contributed by atoms with van der Waals surface area (Å²) in [7, 11) is 4.52. The van der Waals surface area contributed by atoms with Gasteiger partial charge in [0, 0.05) is 34.0 Å². The van der Waals surface area contributed by atoms with Gasteiger partial charge in [0.15, 0.2) is 11.5 Å². The molecule has 0 radical (unpaired) electrons. The molecule has 1 atom stereocenters. The van der Waals surface area contributed by atoms with Crippen LogP contribution in [0.1, 0.15) is 23.5 Å². The van der Waals surface area contributed by atoms with E-state index in [1.54, 1.807) is 42.5 Å². The van der Waals surface area contributed by atoms with Crippen molar-refractivity contribution in [2.24, 2.45) is 0 Å². The van der Waals surface area contributed by atoms with Gasteiger partial charge in [0.05, 0.1) is 33.3 Å². The summed E-state index contributed by atoms with van der Waals surface area (Å²) in [6.45, 7) is 0. The molecule has 0 fully saturated rings. The molecule has 5 aromatic rings. The molecule has 0 bridgehead atoms. The van der Waals surface area contributed by atoms with Gasteiger partial charge in [-0.05, 0) is 42.0 Å². The molecule has 2 aromatic heterocycles. The molecule has 6 rings (SSSR count). The summed E-state index contributed by atoms with van der Waals surface area (Å²) in [5.74, 6) is -0.323. The Morgan fingerprint density at radius 2 is 1.73 bits per heavy atom. The number of aromatic hydroxyl groups is 1. The average Bonchev–Trinajstić information content (AvgIpc) is 2.95. The molecule has 1 aliphatic rings. The van der Waals surface area contributed by atoms with E-state index in [-0.39, 0.29) is 34.3 Å². The first kappa shape index (κ1) is 25.1. The first-order valence-corrected chi connectivity index (χ1v) is 12.3. The monoisotopic (exact) mass is 541 g/mol. The molecule has 1 aliphatic heterocycles. The zero-order valence-electron chi connectivity index (χ0n) is 21.7. The van der Waals surface area contributed by atoms with E-state index in [1.807, 2.05) is 0 Å². The van der Waals surface area contributed by atoms with Crippen molar-refractivity contribution in [3.8, 4) is 39.9 Å². The molecule has 0 amide bonds. The zero-order chi connectivity index (χ0) is 28.1. The second kappa shape index (κ2) is 9.49. The van der Waals surface area contributed by atoms with Crippen LogP contribution in [0, 0.1) is 0 Å². The number of esters is 1. The van der Waals surface area contributed by atoms with Crippen LogP contribution in [0.5, 0.6) is 28.7 Å². The topological polar surface area (TPSA) is 137 Å². The smallest absolute Gasteiger partial charge is 0.312 e. The molecule has 0 spiro atoms. The standard InChI is InChI=1S/C30H23NO9/c1-36-16-5-6-20-15(8-16)9-18(30(35)31-20)17-11-25(33)40-24-12-21(32)27-28(34)19(13-39-29(27)26(17)24)14-4-7-22(37-2)23(10-14)38-3/h4-10,12-13,17,32H,11H2,1-3H3,(H,31,35)/t17-/m0/s1. The minimum absolute atomic E-state index is 0.0124. The number of phenolic OH excluding ortho intramolecular Hbond substituents is 1. The lowest BCUT2D eigenvalue weighted by molar-refractivity contribution is -0.135. The summed E-state index contributed by atoms with van der Waals surface area (Å²) in [5.41, 5.74) is 0.933. The normalized spacial score (nSPS) is 14.6. The maximum atomic E-state index is 13.7. The summed E-state index contributed by atoms with van der Waals surface area (Å²) in [5, 5.41) is 11.5. The van der Waals surface area contributed by atoms with Crippen LogP contribution in [0.2, 0.25) is 0 Å². The summed E-state index contributed by atoms with van der Waals surface area (Å²) in [4.78, 5) is 42.4. The number of fused-ring (bicyclic) bond motifs is 4. The average molecular weight is 542 g/mol. The molecule has 10 heteroatoms. The number of pyridine rings is 1. The van der Waals surface area contributed by atoms with Crippen molar-refractivity contribution >= 4 is 27.8 Å². The Hall–Kier alpha value is -5.25. The SMILES string of the molecule is COc1ccc2[nH]c(=O)c([C@@H]3CC(=O)Oc4cc(O)c5c(=O)c(-c6ccc(OC)c(OC)c6)coc5c43)cc2c1. The van der Waals surface area contributed by atoms with Crippen molar-refractivity contribution in [2.75, 3.05) is 21.3 Å². The first-order valence-electron chi connectivity index (χ1n) is 12.3. The second-order valence-corrected chi connectivity index (χ2v) is 9.30. The Bertz CT molecular complexity index is 1950. The molecule has 3 heterocycles. The second-order valence-electron chi connectivity index (χ2n) is 9.30. The van der Waals surface area contributed by atoms with Crippen LogP contribution in [0.3, 0.4) is 0 Å². The highest BCUT2D eigenvalue weighted by molar-refractivity contribution is 5.94. The summed E-state index contributed by atoms with van der Waals surface area (Å²) >= 11 is 0. The van der Waals surface area contributed by atoms with E-state index in [0.717, 1.165) is 0 Å². The van der Waals surface area contributed by atoms with Crippen LogP contribution < -0.4 is 29.9 Å². The van der Waals surface area contributed by atoms with Gasteiger partial charge in [0.1, 0.15) is 34.5 Å². The Labute approximate surface area is 226 Å². The molecule has 2 N–H and O–H groups in total. The molecule has 0 aliphatic carbocycles. The van der Waals surface area contributed by atoms with Crippen LogP contribution >= 0.6 is 0 Å². The maximum absolute atomic E-state index is 13.7. The number of rotatable bonds is 5. The predicted octanol–water partition coefficient (Wildman–Crippen LogP) is 4.47. The number of benzene rings is 3. The number of aromatic amines is 1. The summed E-state index contributed by atoms with van der Waals surface area (Å²) in [6.07, 6.45) is 1.10. The highest BCUT2D eigenvalue weighted by atomic mass is 16.5. The lowest BCUT2D eigenvalue weighted by atomic mass is 9.85. The lowest BCUT2D eigenvalue weighted by Crippen LogP contribution is -2.26. The minimum Gasteiger partial charge on any atom is -0.507 e. The summed E-state index contributed by atoms with van der Waals surface area (Å²) < 4.78 is 27.4. The molecule has 0 unspecified atom stereocenters. The third-order valence-electron chi connectivity index (χ3n) is 7.12. The number of carbonyl (C=O) groups is 1. The van der Waals surface area contributed by atoms with Crippen molar-refractivity contribution in [1.29, 1.82) is 0 Å². The molecule has 0 saturated carbocycles. The quantitative estimate of drug-likeness (QED) is 0.244. The van der Waals surface area contributed by atoms with Gasteiger partial charge in [0.2, 0.25) is 5.43 Å². The number of H-pyrrole nitrogens is 1. The van der Waals surface area contributed by atoms with Crippen LogP contribution in [0.15, 0.2) is 68.8 Å². The van der Waals surface area contributed by atoms with E-state index in [1.165, 1.54) is 33.7 Å². The fraction of sp³-hybridized carbons (Fsp3) is 0.167. The van der Waals surface area contributed by atoms with Crippen molar-refractivity contribution in [1.82, 2.24) is 4.98 Å². The van der Waals surface area contributed by atoms with Gasteiger partial charge in [-0.25, -0.2) is 0 Å². The van der Waals surface area contributed by atoms with Gasteiger partial charge in [-0.2, -0.15) is 0 Å². The third kappa shape index (κ3) is 3.92. The molecule has 40 heavy (non-hydrogen) atoms. The van der Waals surface area contributed by atoms with Crippen molar-refractivity contribution < 1.29 is 33.3 Å². The number of phenols is 1. The van der Waals surface area contributed by atoms with Gasteiger partial charge >= 0.3 is 5.97 Å². The number of hydrogen-bond acceptors (Lipinski definition) is 9. The Balaban J connectivity index is 1.58. The van der Waals surface area contributed by atoms with Gasteiger partial charge in [-0.3, -0.25) is 14.4 Å². The molecule has 0 saturated heterocycles. The van der Waals surface area contributed by atoms with Crippen LogP contribution in [0.4, 0.5) is 0 Å². The largest absolute Gasteiger partial charge is 0.507 e. The number of hydrogen-bond donors (Lipinski definition) is 2. The van der Waals surface area contributed by atoms with Crippen LogP contribution in [-0.2, 0) is 4.79 Å². The number of ether oxygens (including phenoxy) is 4. The molecule has 3 aromatic carbocycles. The lowest BCUT2D eigenvalue weighted by Gasteiger charge is -2.25. The Morgan fingerprint density at radius 3 is 2.48 bits per heavy atom. The Kier molecular flexibility index (Phi) is 5.95. The number of carbonyl (C=O) groups excluding carboxylic acids is 1. The molecule has 10 nitrogen and oxygen atoms in total. The third-order valence-corrected chi connectivity index (χ3v) is 7.12. The zero-order valence-corrected chi connectivity index (χ0v) is 21.7. The van der Waals surface area contributed by atoms with E-state index in [2.05, 4.69) is 4.98 Å². The van der Waals surface area contributed by atoms with Gasteiger partial charge in [-0.15, -0.1) is 0 Å². The van der Waals surface area contributed by atoms with Crippen LogP contribution in [0.25, 0.3) is 33.0 Å². The molecule has 202 valence electrons. The van der Waals surface area contributed by atoms with Crippen molar-refractivity contribution in [3.05, 3.63) is 86.5 Å². The predicted molar refractivity (Wildman–Crippen MR) is 146 cm³/mol. The van der Waals surface area contributed by atoms with Crippen molar-refractivity contribution in [2.45, 2.75) is 12.3 Å². The van der Waals surface area contributed by atoms with Gasteiger partial charge in [-0.1, -0.05) is 6.07 Å². The first-order chi connectivity index (χ1) is 19.3. The van der Waals surface area contributed by atoms with Crippen LogP contribution in [-0.4, -0.2) is 37.4 Å². The molecular formula is C30H23NO9. The number of aromatic nitrogens is 1. The fourth-order valence-corrected chi connectivity index (χ4v) is 5.19.